The van der Waals surface area contributed by atoms with Crippen LogP contribution >= 0.6 is 7.60 Å². The Kier molecular flexibility index (Phi) is 4.46. The van der Waals surface area contributed by atoms with Gasteiger partial charge in [0.2, 0.25) is 0 Å². The summed E-state index contributed by atoms with van der Waals surface area (Å²) < 4.78 is 11.1. The molecular weight excluding hydrogens is 175 g/mol. The van der Waals surface area contributed by atoms with Gasteiger partial charge in [-0.3, -0.25) is 4.57 Å². The molecule has 0 fully saturated rings. The second-order valence-electron chi connectivity index (χ2n) is 3.54. The van der Waals surface area contributed by atoms with Crippen molar-refractivity contribution in [2.45, 2.75) is 51.6 Å². The molecule has 0 heterocycles. The van der Waals surface area contributed by atoms with E-state index in [-0.39, 0.29) is 0 Å². The monoisotopic (exact) mass is 194 g/mol. The van der Waals surface area contributed by atoms with Gasteiger partial charge in [-0.1, -0.05) is 26.7 Å². The molecule has 0 saturated carbocycles. The van der Waals surface area contributed by atoms with E-state index < -0.39 is 12.8 Å². The Labute approximate surface area is 74.3 Å². The molecule has 4 heteroatoms. The summed E-state index contributed by atoms with van der Waals surface area (Å²) in [4.78, 5) is 18.2. The molecule has 0 bridgehead atoms. The van der Waals surface area contributed by atoms with Crippen LogP contribution < -0.4 is 0 Å². The Morgan fingerprint density at radius 1 is 1.17 bits per heavy atom. The van der Waals surface area contributed by atoms with E-state index in [0.29, 0.717) is 12.8 Å². The lowest BCUT2D eigenvalue weighted by atomic mass is 10.00. The zero-order valence-corrected chi connectivity index (χ0v) is 8.97. The van der Waals surface area contributed by atoms with Crippen molar-refractivity contribution in [2.75, 3.05) is 0 Å². The molecule has 0 unspecified atom stereocenters. The summed E-state index contributed by atoms with van der Waals surface area (Å²) in [5.74, 6) is 0. The summed E-state index contributed by atoms with van der Waals surface area (Å²) >= 11 is 0. The van der Waals surface area contributed by atoms with Crippen LogP contribution in [0.4, 0.5) is 0 Å². The number of hydrogen-bond donors (Lipinski definition) is 2. The lowest BCUT2D eigenvalue weighted by Crippen LogP contribution is -2.24. The minimum absolute atomic E-state index is 0.602. The molecule has 0 amide bonds. The van der Waals surface area contributed by atoms with Crippen LogP contribution in [0.3, 0.4) is 0 Å². The van der Waals surface area contributed by atoms with Crippen molar-refractivity contribution >= 4 is 7.60 Å². The zero-order chi connectivity index (χ0) is 9.83. The maximum Gasteiger partial charge on any atom is 0.331 e. The third-order valence-corrected chi connectivity index (χ3v) is 4.13. The first-order valence-electron chi connectivity index (χ1n) is 4.43. The molecule has 0 rings (SSSR count). The van der Waals surface area contributed by atoms with Gasteiger partial charge < -0.3 is 9.79 Å². The van der Waals surface area contributed by atoms with E-state index in [0.717, 1.165) is 12.8 Å². The summed E-state index contributed by atoms with van der Waals surface area (Å²) in [5, 5.41) is -0.795. The molecular formula is C8H19O3P. The summed E-state index contributed by atoms with van der Waals surface area (Å²) in [6.07, 6.45) is 2.85. The highest BCUT2D eigenvalue weighted by atomic mass is 31.2. The van der Waals surface area contributed by atoms with Gasteiger partial charge in [0.1, 0.15) is 0 Å². The Balaban J connectivity index is 4.50. The number of hydrogen-bond acceptors (Lipinski definition) is 1. The first-order chi connectivity index (χ1) is 5.37. The van der Waals surface area contributed by atoms with Crippen LogP contribution in [0.2, 0.25) is 0 Å². The van der Waals surface area contributed by atoms with Crippen molar-refractivity contribution in [3.05, 3.63) is 0 Å². The van der Waals surface area contributed by atoms with E-state index in [9.17, 15) is 4.57 Å². The van der Waals surface area contributed by atoms with Crippen molar-refractivity contribution < 1.29 is 14.4 Å². The standard InChI is InChI=1S/C8H19O3P/c1-4-6-8(3,7-5-2)12(9,10)11/h4-7H2,1-3H3,(H2,9,10,11). The largest absolute Gasteiger partial charge is 0.331 e. The first kappa shape index (κ1) is 12.2. The van der Waals surface area contributed by atoms with Crippen molar-refractivity contribution in [2.24, 2.45) is 0 Å². The molecule has 12 heavy (non-hydrogen) atoms. The first-order valence-corrected chi connectivity index (χ1v) is 6.04. The molecule has 0 aliphatic carbocycles. The molecule has 0 saturated heterocycles. The second kappa shape index (κ2) is 4.40. The van der Waals surface area contributed by atoms with Crippen LogP contribution in [-0.4, -0.2) is 14.9 Å². The molecule has 0 spiro atoms. The van der Waals surface area contributed by atoms with Crippen molar-refractivity contribution in [1.29, 1.82) is 0 Å². The maximum absolute atomic E-state index is 11.1. The van der Waals surface area contributed by atoms with E-state index >= 15 is 0 Å². The normalized spacial score (nSPS) is 13.4. The lowest BCUT2D eigenvalue weighted by molar-refractivity contribution is 0.313. The molecule has 0 aromatic carbocycles. The minimum atomic E-state index is -3.92. The van der Waals surface area contributed by atoms with Crippen molar-refractivity contribution in [1.82, 2.24) is 0 Å². The highest BCUT2D eigenvalue weighted by Crippen LogP contribution is 2.55. The summed E-state index contributed by atoms with van der Waals surface area (Å²) in [7, 11) is -3.92. The number of rotatable bonds is 5. The van der Waals surface area contributed by atoms with E-state index in [4.69, 9.17) is 9.79 Å². The van der Waals surface area contributed by atoms with Gasteiger partial charge in [-0.05, 0) is 19.8 Å². The van der Waals surface area contributed by atoms with Gasteiger partial charge in [-0.15, -0.1) is 0 Å². The van der Waals surface area contributed by atoms with Gasteiger partial charge in [0, 0.05) is 0 Å². The summed E-state index contributed by atoms with van der Waals surface area (Å²) in [6, 6.07) is 0. The topological polar surface area (TPSA) is 57.5 Å². The molecule has 2 N–H and O–H groups in total. The Morgan fingerprint density at radius 2 is 1.50 bits per heavy atom. The van der Waals surface area contributed by atoms with Gasteiger partial charge in [0.05, 0.1) is 5.16 Å². The van der Waals surface area contributed by atoms with Gasteiger partial charge in [-0.25, -0.2) is 0 Å². The summed E-state index contributed by atoms with van der Waals surface area (Å²) in [5.41, 5.74) is 0. The highest BCUT2D eigenvalue weighted by Gasteiger charge is 2.40. The minimum Gasteiger partial charge on any atom is -0.324 e. The predicted octanol–water partition coefficient (Wildman–Crippen LogP) is 2.52. The van der Waals surface area contributed by atoms with Gasteiger partial charge in [0.25, 0.3) is 0 Å². The van der Waals surface area contributed by atoms with E-state index in [1.165, 1.54) is 0 Å². The Morgan fingerprint density at radius 3 is 1.67 bits per heavy atom. The van der Waals surface area contributed by atoms with Crippen LogP contribution in [0, 0.1) is 0 Å². The lowest BCUT2D eigenvalue weighted by Gasteiger charge is -2.29. The smallest absolute Gasteiger partial charge is 0.324 e. The van der Waals surface area contributed by atoms with Gasteiger partial charge >= 0.3 is 7.60 Å². The van der Waals surface area contributed by atoms with Gasteiger partial charge in [-0.2, -0.15) is 0 Å². The van der Waals surface area contributed by atoms with E-state index in [1.54, 1.807) is 6.92 Å². The molecule has 0 aliphatic rings. The maximum atomic E-state index is 11.1. The van der Waals surface area contributed by atoms with Crippen LogP contribution in [0.5, 0.6) is 0 Å². The average Bonchev–Trinajstić information content (AvgIpc) is 1.86. The molecule has 0 radical (unpaired) electrons. The van der Waals surface area contributed by atoms with Crippen LogP contribution in [0.15, 0.2) is 0 Å². The van der Waals surface area contributed by atoms with Crippen LogP contribution in [-0.2, 0) is 4.57 Å². The molecule has 0 aliphatic heterocycles. The summed E-state index contributed by atoms with van der Waals surface area (Å²) in [6.45, 7) is 5.58. The second-order valence-corrected chi connectivity index (χ2v) is 5.71. The van der Waals surface area contributed by atoms with Gasteiger partial charge in [0.15, 0.2) is 0 Å². The fourth-order valence-corrected chi connectivity index (χ4v) is 2.52. The highest BCUT2D eigenvalue weighted by molar-refractivity contribution is 7.53. The van der Waals surface area contributed by atoms with E-state index in [1.807, 2.05) is 13.8 Å². The molecule has 0 aromatic heterocycles. The zero-order valence-electron chi connectivity index (χ0n) is 8.08. The molecule has 3 nitrogen and oxygen atoms in total. The molecule has 74 valence electrons. The third kappa shape index (κ3) is 2.89. The average molecular weight is 194 g/mol. The molecule has 0 atom stereocenters. The molecule has 0 aromatic rings. The predicted molar refractivity (Wildman–Crippen MR) is 50.3 cm³/mol. The quantitative estimate of drug-likeness (QED) is 0.661. The Hall–Kier alpha value is 0.150. The Bertz CT molecular complexity index is 167. The third-order valence-electron chi connectivity index (χ3n) is 2.28. The van der Waals surface area contributed by atoms with Crippen molar-refractivity contribution in [3.63, 3.8) is 0 Å². The SMILES string of the molecule is CCCC(C)(CCC)P(=O)(O)O. The van der Waals surface area contributed by atoms with Crippen LogP contribution in [0.25, 0.3) is 0 Å². The van der Waals surface area contributed by atoms with Crippen LogP contribution in [0.1, 0.15) is 46.5 Å². The van der Waals surface area contributed by atoms with E-state index in [2.05, 4.69) is 0 Å². The fourth-order valence-electron chi connectivity index (χ4n) is 1.49. The van der Waals surface area contributed by atoms with Crippen molar-refractivity contribution in [3.8, 4) is 0 Å². The fraction of sp³-hybridized carbons (Fsp3) is 1.00.